The molecule has 0 unspecified atom stereocenters. The van der Waals surface area contributed by atoms with Crippen molar-refractivity contribution in [3.63, 3.8) is 0 Å². The third kappa shape index (κ3) is 3.30. The maximum absolute atomic E-state index is 12.2. The van der Waals surface area contributed by atoms with Crippen molar-refractivity contribution in [2.24, 2.45) is 0 Å². The van der Waals surface area contributed by atoms with Gasteiger partial charge in [0.15, 0.2) is 0 Å². The molecule has 0 atom stereocenters. The number of carbonyl (C=O) groups excluding carboxylic acids is 1. The Kier molecular flexibility index (Phi) is 4.34. The predicted molar refractivity (Wildman–Crippen MR) is 89.9 cm³/mol. The van der Waals surface area contributed by atoms with Gasteiger partial charge in [0.25, 0.3) is 5.69 Å². The topological polar surface area (TPSA) is 69.4 Å². The quantitative estimate of drug-likeness (QED) is 0.308. The lowest BCUT2D eigenvalue weighted by molar-refractivity contribution is -0.385. The fourth-order valence-corrected chi connectivity index (χ4v) is 2.31. The molecule has 0 aliphatic carbocycles. The van der Waals surface area contributed by atoms with E-state index >= 15 is 0 Å². The van der Waals surface area contributed by atoms with Gasteiger partial charge in [-0.05, 0) is 29.3 Å². The first-order valence-electron chi connectivity index (χ1n) is 7.26. The van der Waals surface area contributed by atoms with Crippen molar-refractivity contribution in [1.29, 1.82) is 0 Å². The van der Waals surface area contributed by atoms with Gasteiger partial charge < -0.3 is 4.74 Å². The molecule has 5 nitrogen and oxygen atoms in total. The van der Waals surface area contributed by atoms with Crippen LogP contribution in [0.15, 0.2) is 78.9 Å². The van der Waals surface area contributed by atoms with Crippen LogP contribution in [0.4, 0.5) is 5.69 Å². The van der Waals surface area contributed by atoms with E-state index in [1.807, 2.05) is 42.5 Å². The zero-order valence-electron chi connectivity index (χ0n) is 12.6. The first kappa shape index (κ1) is 15.4. The molecule has 0 saturated heterocycles. The summed E-state index contributed by atoms with van der Waals surface area (Å²) in [6.45, 7) is 0. The van der Waals surface area contributed by atoms with Gasteiger partial charge in [-0.25, -0.2) is 4.79 Å². The van der Waals surface area contributed by atoms with Gasteiger partial charge in [0, 0.05) is 6.07 Å². The summed E-state index contributed by atoms with van der Waals surface area (Å²) in [4.78, 5) is 22.5. The number of rotatable bonds is 4. The summed E-state index contributed by atoms with van der Waals surface area (Å²) in [6.07, 6.45) is 0. The van der Waals surface area contributed by atoms with Crippen LogP contribution in [0.3, 0.4) is 0 Å². The van der Waals surface area contributed by atoms with E-state index in [0.717, 1.165) is 11.1 Å². The van der Waals surface area contributed by atoms with Gasteiger partial charge in [-0.1, -0.05) is 54.6 Å². The average molecular weight is 319 g/mol. The second-order valence-corrected chi connectivity index (χ2v) is 5.05. The van der Waals surface area contributed by atoms with Gasteiger partial charge in [-0.2, -0.15) is 0 Å². The van der Waals surface area contributed by atoms with Crippen LogP contribution in [0.25, 0.3) is 11.1 Å². The van der Waals surface area contributed by atoms with Gasteiger partial charge in [0.2, 0.25) is 0 Å². The number of esters is 1. The Labute approximate surface area is 138 Å². The molecule has 24 heavy (non-hydrogen) atoms. The maximum atomic E-state index is 12.2. The highest BCUT2D eigenvalue weighted by atomic mass is 16.6. The molecule has 0 aliphatic heterocycles. The largest absolute Gasteiger partial charge is 0.423 e. The highest BCUT2D eigenvalue weighted by Crippen LogP contribution is 2.24. The standard InChI is InChI=1S/C19H13NO4/c21-19(17-8-4-5-9-18(17)20(22)23)24-16-12-10-15(11-13-16)14-6-2-1-3-7-14/h1-13H. The Morgan fingerprint density at radius 2 is 1.38 bits per heavy atom. The Bertz CT molecular complexity index is 873. The zero-order chi connectivity index (χ0) is 16.9. The average Bonchev–Trinajstić information content (AvgIpc) is 2.63. The highest BCUT2D eigenvalue weighted by molar-refractivity contribution is 5.95. The van der Waals surface area contributed by atoms with Gasteiger partial charge >= 0.3 is 5.97 Å². The lowest BCUT2D eigenvalue weighted by atomic mass is 10.1. The minimum Gasteiger partial charge on any atom is -0.423 e. The second kappa shape index (κ2) is 6.75. The van der Waals surface area contributed by atoms with Crippen LogP contribution < -0.4 is 4.74 Å². The first-order valence-corrected chi connectivity index (χ1v) is 7.26. The van der Waals surface area contributed by atoms with Crippen LogP contribution in [0.5, 0.6) is 5.75 Å². The molecule has 0 saturated carbocycles. The van der Waals surface area contributed by atoms with Crippen molar-refractivity contribution in [2.45, 2.75) is 0 Å². The highest BCUT2D eigenvalue weighted by Gasteiger charge is 2.20. The number of nitro groups is 1. The van der Waals surface area contributed by atoms with Crippen LogP contribution >= 0.6 is 0 Å². The Hall–Kier alpha value is -3.47. The van der Waals surface area contributed by atoms with E-state index in [0.29, 0.717) is 5.75 Å². The predicted octanol–water partition coefficient (Wildman–Crippen LogP) is 4.48. The van der Waals surface area contributed by atoms with Gasteiger partial charge in [0.05, 0.1) is 4.92 Å². The van der Waals surface area contributed by atoms with Crippen molar-refractivity contribution >= 4 is 11.7 Å². The summed E-state index contributed by atoms with van der Waals surface area (Å²) in [5.74, 6) is -0.424. The summed E-state index contributed by atoms with van der Waals surface area (Å²) in [6, 6.07) is 22.5. The Balaban J connectivity index is 1.80. The molecule has 0 amide bonds. The van der Waals surface area contributed by atoms with Crippen molar-refractivity contribution in [1.82, 2.24) is 0 Å². The summed E-state index contributed by atoms with van der Waals surface area (Å²) in [5, 5.41) is 11.0. The minimum absolute atomic E-state index is 0.0744. The number of para-hydroxylation sites is 1. The molecule has 3 aromatic carbocycles. The molecule has 118 valence electrons. The Morgan fingerprint density at radius 3 is 2.04 bits per heavy atom. The molecule has 3 rings (SSSR count). The second-order valence-electron chi connectivity index (χ2n) is 5.05. The molecule has 0 bridgehead atoms. The molecule has 0 aliphatic rings. The van der Waals surface area contributed by atoms with Crippen LogP contribution in [0.1, 0.15) is 10.4 Å². The minimum atomic E-state index is -0.755. The van der Waals surface area contributed by atoms with Crippen molar-refractivity contribution in [3.8, 4) is 16.9 Å². The van der Waals surface area contributed by atoms with E-state index < -0.39 is 10.9 Å². The fourth-order valence-electron chi connectivity index (χ4n) is 2.31. The van der Waals surface area contributed by atoms with Crippen molar-refractivity contribution in [2.75, 3.05) is 0 Å². The van der Waals surface area contributed by atoms with Crippen molar-refractivity contribution < 1.29 is 14.5 Å². The van der Waals surface area contributed by atoms with E-state index in [2.05, 4.69) is 0 Å². The first-order chi connectivity index (χ1) is 11.6. The van der Waals surface area contributed by atoms with Crippen LogP contribution in [0, 0.1) is 10.1 Å². The number of nitrogens with zero attached hydrogens (tertiary/aromatic N) is 1. The number of hydrogen-bond acceptors (Lipinski definition) is 4. The Morgan fingerprint density at radius 1 is 0.792 bits per heavy atom. The third-order valence-electron chi connectivity index (χ3n) is 3.49. The molecular formula is C19H13NO4. The SMILES string of the molecule is O=C(Oc1ccc(-c2ccccc2)cc1)c1ccccc1[N+](=O)[O-]. The molecule has 0 radical (unpaired) electrons. The van der Waals surface area contributed by atoms with Crippen molar-refractivity contribution in [3.05, 3.63) is 94.5 Å². The fraction of sp³-hybridized carbons (Fsp3) is 0. The van der Waals surface area contributed by atoms with E-state index in [-0.39, 0.29) is 11.3 Å². The number of benzene rings is 3. The van der Waals surface area contributed by atoms with Gasteiger partial charge in [-0.3, -0.25) is 10.1 Å². The maximum Gasteiger partial charge on any atom is 0.350 e. The normalized spacial score (nSPS) is 10.2. The molecule has 0 spiro atoms. The molecule has 0 aromatic heterocycles. The summed E-state index contributed by atoms with van der Waals surface area (Å²) in [7, 11) is 0. The lowest BCUT2D eigenvalue weighted by Gasteiger charge is -2.06. The summed E-state index contributed by atoms with van der Waals surface area (Å²) >= 11 is 0. The van der Waals surface area contributed by atoms with Gasteiger partial charge in [-0.15, -0.1) is 0 Å². The summed E-state index contributed by atoms with van der Waals surface area (Å²) < 4.78 is 5.24. The molecule has 0 fully saturated rings. The molecule has 0 N–H and O–H groups in total. The van der Waals surface area contributed by atoms with Crippen LogP contribution in [-0.4, -0.2) is 10.9 Å². The lowest BCUT2D eigenvalue weighted by Crippen LogP contribution is -2.10. The third-order valence-corrected chi connectivity index (χ3v) is 3.49. The van der Waals surface area contributed by atoms with E-state index in [1.54, 1.807) is 18.2 Å². The zero-order valence-corrected chi connectivity index (χ0v) is 12.6. The molecule has 0 heterocycles. The van der Waals surface area contributed by atoms with Crippen LogP contribution in [-0.2, 0) is 0 Å². The molecule has 5 heteroatoms. The number of hydrogen-bond donors (Lipinski definition) is 0. The summed E-state index contributed by atoms with van der Waals surface area (Å²) in [5.41, 5.74) is 1.69. The number of carbonyl (C=O) groups is 1. The van der Waals surface area contributed by atoms with Crippen LogP contribution in [0.2, 0.25) is 0 Å². The van der Waals surface area contributed by atoms with E-state index in [9.17, 15) is 14.9 Å². The molecule has 3 aromatic rings. The monoisotopic (exact) mass is 319 g/mol. The molecular weight excluding hydrogens is 306 g/mol. The number of ether oxygens (including phenoxy) is 1. The number of nitro benzene ring substituents is 1. The smallest absolute Gasteiger partial charge is 0.350 e. The van der Waals surface area contributed by atoms with E-state index in [1.165, 1.54) is 18.2 Å². The van der Waals surface area contributed by atoms with Gasteiger partial charge in [0.1, 0.15) is 11.3 Å². The van der Waals surface area contributed by atoms with E-state index in [4.69, 9.17) is 4.74 Å².